The highest BCUT2D eigenvalue weighted by molar-refractivity contribution is 7.80. The Hall–Kier alpha value is -1.15. The van der Waals surface area contributed by atoms with E-state index in [-0.39, 0.29) is 0 Å². The van der Waals surface area contributed by atoms with Gasteiger partial charge in [0.1, 0.15) is 0 Å². The van der Waals surface area contributed by atoms with Gasteiger partial charge in [0, 0.05) is 11.3 Å². The number of thiocarbonyl (C=S) groups is 1. The molecule has 1 rings (SSSR count). The lowest BCUT2D eigenvalue weighted by atomic mass is 10.1. The molecule has 1 N–H and O–H groups in total. The number of anilines is 1. The smallest absolute Gasteiger partial charge is 0.0765 e. The molecule has 0 radical (unpaired) electrons. The zero-order valence-electron chi connectivity index (χ0n) is 7.92. The monoisotopic (exact) mass is 191 g/mol. The van der Waals surface area contributed by atoms with E-state index in [1.54, 1.807) is 0 Å². The number of nitrogens with one attached hydrogen (secondary N) is 1. The number of allylic oxidation sites excluding steroid dienone is 1. The highest BCUT2D eigenvalue weighted by atomic mass is 32.1. The molecule has 2 heteroatoms. The molecule has 1 nitrogen and oxygen atoms in total. The summed E-state index contributed by atoms with van der Waals surface area (Å²) in [5, 5.41) is 3.13. The number of rotatable bonds is 2. The van der Waals surface area contributed by atoms with E-state index in [0.29, 0.717) is 0 Å². The zero-order valence-corrected chi connectivity index (χ0v) is 8.74. The van der Waals surface area contributed by atoms with Crippen LogP contribution in [0.15, 0.2) is 30.8 Å². The first-order valence-corrected chi connectivity index (χ1v) is 4.54. The van der Waals surface area contributed by atoms with E-state index in [9.17, 15) is 0 Å². The van der Waals surface area contributed by atoms with E-state index < -0.39 is 0 Å². The van der Waals surface area contributed by atoms with Crippen LogP contribution in [0.3, 0.4) is 0 Å². The Morgan fingerprint density at radius 1 is 1.31 bits per heavy atom. The molecule has 0 spiro atoms. The summed E-state index contributed by atoms with van der Waals surface area (Å²) in [7, 11) is 0. The van der Waals surface area contributed by atoms with Gasteiger partial charge in [-0.15, -0.1) is 0 Å². The fourth-order valence-electron chi connectivity index (χ4n) is 1.15. The molecule has 0 amide bonds. The van der Waals surface area contributed by atoms with Crippen molar-refractivity contribution in [2.24, 2.45) is 0 Å². The Morgan fingerprint density at radius 3 is 2.46 bits per heavy atom. The lowest BCUT2D eigenvalue weighted by Gasteiger charge is -2.09. The molecule has 0 aliphatic heterocycles. The first kappa shape index (κ1) is 9.93. The van der Waals surface area contributed by atoms with Gasteiger partial charge >= 0.3 is 0 Å². The Bertz CT molecular complexity index is 342. The van der Waals surface area contributed by atoms with Gasteiger partial charge in [-0.05, 0) is 25.5 Å². The van der Waals surface area contributed by atoms with Crippen LogP contribution in [0.1, 0.15) is 19.4 Å². The normalized spacial score (nSPS) is 9.38. The fourth-order valence-corrected chi connectivity index (χ4v) is 1.26. The molecule has 1 aromatic carbocycles. The second kappa shape index (κ2) is 4.19. The number of benzene rings is 1. The van der Waals surface area contributed by atoms with Crippen molar-refractivity contribution in [1.82, 2.24) is 0 Å². The summed E-state index contributed by atoms with van der Waals surface area (Å²) in [6.07, 6.45) is 0. The maximum atomic E-state index is 4.98. The van der Waals surface area contributed by atoms with E-state index in [2.05, 4.69) is 11.9 Å². The predicted octanol–water partition coefficient (Wildman–Crippen LogP) is 3.48. The SMILES string of the molecule is C=C(C)c1ccccc1NC(C)=S. The fraction of sp³-hybridized carbons (Fsp3) is 0.182. The molecular weight excluding hydrogens is 178 g/mol. The van der Waals surface area contributed by atoms with Crippen molar-refractivity contribution >= 4 is 28.5 Å². The molecule has 13 heavy (non-hydrogen) atoms. The van der Waals surface area contributed by atoms with Crippen molar-refractivity contribution in [3.05, 3.63) is 36.4 Å². The van der Waals surface area contributed by atoms with Gasteiger partial charge in [-0.1, -0.05) is 37.0 Å². The number of para-hydroxylation sites is 1. The van der Waals surface area contributed by atoms with Crippen LogP contribution in [0, 0.1) is 0 Å². The van der Waals surface area contributed by atoms with Crippen molar-refractivity contribution in [3.8, 4) is 0 Å². The van der Waals surface area contributed by atoms with Crippen LogP contribution < -0.4 is 5.32 Å². The molecule has 0 aliphatic carbocycles. The molecule has 0 atom stereocenters. The summed E-state index contributed by atoms with van der Waals surface area (Å²) in [6, 6.07) is 8.00. The predicted molar refractivity (Wildman–Crippen MR) is 63.0 cm³/mol. The lowest BCUT2D eigenvalue weighted by molar-refractivity contribution is 1.55. The molecule has 0 bridgehead atoms. The Labute approximate surface area is 84.5 Å². The van der Waals surface area contributed by atoms with Crippen molar-refractivity contribution < 1.29 is 0 Å². The van der Waals surface area contributed by atoms with E-state index in [1.165, 1.54) is 0 Å². The summed E-state index contributed by atoms with van der Waals surface area (Å²) in [5.41, 5.74) is 3.19. The largest absolute Gasteiger partial charge is 0.350 e. The first-order chi connectivity index (χ1) is 6.11. The average Bonchev–Trinajstić information content (AvgIpc) is 2.03. The minimum absolute atomic E-state index is 0.772. The number of hydrogen-bond acceptors (Lipinski definition) is 1. The molecule has 0 heterocycles. The number of hydrogen-bond donors (Lipinski definition) is 1. The second-order valence-corrected chi connectivity index (χ2v) is 3.62. The van der Waals surface area contributed by atoms with Crippen molar-refractivity contribution in [1.29, 1.82) is 0 Å². The first-order valence-electron chi connectivity index (χ1n) is 4.14. The molecule has 0 fully saturated rings. The zero-order chi connectivity index (χ0) is 9.84. The molecule has 68 valence electrons. The van der Waals surface area contributed by atoms with Gasteiger partial charge in [-0.3, -0.25) is 0 Å². The molecule has 0 saturated carbocycles. The van der Waals surface area contributed by atoms with Crippen molar-refractivity contribution in [2.75, 3.05) is 5.32 Å². The maximum Gasteiger partial charge on any atom is 0.0765 e. The van der Waals surface area contributed by atoms with Crippen LogP contribution >= 0.6 is 12.2 Å². The summed E-state index contributed by atoms with van der Waals surface area (Å²) < 4.78 is 0. The summed E-state index contributed by atoms with van der Waals surface area (Å²) in [6.45, 7) is 7.76. The third-order valence-electron chi connectivity index (χ3n) is 1.70. The third kappa shape index (κ3) is 2.67. The van der Waals surface area contributed by atoms with Crippen molar-refractivity contribution in [3.63, 3.8) is 0 Å². The van der Waals surface area contributed by atoms with Crippen LogP contribution in [0.25, 0.3) is 5.57 Å². The van der Waals surface area contributed by atoms with E-state index in [4.69, 9.17) is 12.2 Å². The van der Waals surface area contributed by atoms with Crippen LogP contribution in [-0.4, -0.2) is 4.99 Å². The summed E-state index contributed by atoms with van der Waals surface area (Å²) in [4.78, 5) is 0.772. The van der Waals surface area contributed by atoms with E-state index in [0.717, 1.165) is 21.8 Å². The Balaban J connectivity index is 3.04. The molecule has 0 aliphatic rings. The van der Waals surface area contributed by atoms with Crippen LogP contribution in [0.4, 0.5) is 5.69 Å². The summed E-state index contributed by atoms with van der Waals surface area (Å²) in [5.74, 6) is 0. The highest BCUT2D eigenvalue weighted by Crippen LogP contribution is 2.21. The molecular formula is C11H13NS. The quantitative estimate of drug-likeness (QED) is 0.718. The lowest BCUT2D eigenvalue weighted by Crippen LogP contribution is -2.05. The van der Waals surface area contributed by atoms with Crippen LogP contribution in [0.2, 0.25) is 0 Å². The maximum absolute atomic E-state index is 4.98. The van der Waals surface area contributed by atoms with Gasteiger partial charge in [0.05, 0.1) is 4.99 Å². The van der Waals surface area contributed by atoms with Crippen LogP contribution in [0.5, 0.6) is 0 Å². The molecule has 0 unspecified atom stereocenters. The second-order valence-electron chi connectivity index (χ2n) is 3.01. The third-order valence-corrected chi connectivity index (χ3v) is 1.80. The standard InChI is InChI=1S/C11H13NS/c1-8(2)10-6-4-5-7-11(10)12-9(3)13/h4-7H,1H2,2-3H3,(H,12,13). The van der Waals surface area contributed by atoms with Gasteiger partial charge < -0.3 is 5.32 Å². The summed E-state index contributed by atoms with van der Waals surface area (Å²) >= 11 is 4.98. The van der Waals surface area contributed by atoms with E-state index >= 15 is 0 Å². The minimum atomic E-state index is 0.772. The Morgan fingerprint density at radius 2 is 1.92 bits per heavy atom. The van der Waals surface area contributed by atoms with E-state index in [1.807, 2.05) is 38.1 Å². The van der Waals surface area contributed by atoms with Gasteiger partial charge in [-0.2, -0.15) is 0 Å². The minimum Gasteiger partial charge on any atom is -0.350 e. The molecule has 1 aromatic rings. The van der Waals surface area contributed by atoms with Gasteiger partial charge in [0.25, 0.3) is 0 Å². The van der Waals surface area contributed by atoms with Crippen molar-refractivity contribution in [2.45, 2.75) is 13.8 Å². The van der Waals surface area contributed by atoms with Gasteiger partial charge in [0.2, 0.25) is 0 Å². The van der Waals surface area contributed by atoms with Gasteiger partial charge in [0.15, 0.2) is 0 Å². The average molecular weight is 191 g/mol. The topological polar surface area (TPSA) is 12.0 Å². The highest BCUT2D eigenvalue weighted by Gasteiger charge is 2.00. The molecule has 0 saturated heterocycles. The Kier molecular flexibility index (Phi) is 3.20. The van der Waals surface area contributed by atoms with Crippen LogP contribution in [-0.2, 0) is 0 Å². The molecule has 0 aromatic heterocycles. The van der Waals surface area contributed by atoms with Gasteiger partial charge in [-0.25, -0.2) is 0 Å².